The van der Waals surface area contributed by atoms with Crippen molar-refractivity contribution in [1.29, 1.82) is 0 Å². The summed E-state index contributed by atoms with van der Waals surface area (Å²) in [5.74, 6) is 0.192. The molecule has 11 heteroatoms. The fourth-order valence-electron chi connectivity index (χ4n) is 3.94. The van der Waals surface area contributed by atoms with Crippen LogP contribution in [0.3, 0.4) is 0 Å². The zero-order valence-electron chi connectivity index (χ0n) is 15.3. The Morgan fingerprint density at radius 3 is 2.75 bits per heavy atom. The van der Waals surface area contributed by atoms with Crippen molar-refractivity contribution in [2.24, 2.45) is 5.73 Å². The number of carbonyl (C=O) groups is 1. The lowest BCUT2D eigenvalue weighted by Crippen LogP contribution is -2.59. The number of amides is 1. The van der Waals surface area contributed by atoms with Crippen LogP contribution in [0, 0.1) is 0 Å². The minimum Gasteiger partial charge on any atom is -0.670 e. The second-order valence-electron chi connectivity index (χ2n) is 7.79. The Kier molecular flexibility index (Phi) is 4.98. The van der Waals surface area contributed by atoms with Crippen LogP contribution in [0.2, 0.25) is 6.32 Å². The minimum absolute atomic E-state index is 0.0156. The highest BCUT2D eigenvalue weighted by Gasteiger charge is 2.39. The molecule has 0 radical (unpaired) electrons. The Bertz CT molecular complexity index is 769. The first-order chi connectivity index (χ1) is 13.2. The quantitative estimate of drug-likeness (QED) is 0.246. The average molecular weight is 394 g/mol. The van der Waals surface area contributed by atoms with Crippen molar-refractivity contribution in [3.8, 4) is 11.5 Å². The van der Waals surface area contributed by atoms with Crippen LogP contribution in [-0.4, -0.2) is 75.6 Å². The zero-order chi connectivity index (χ0) is 20.1. The number of rotatable bonds is 4. The summed E-state index contributed by atoms with van der Waals surface area (Å²) in [5, 5.41) is 42.3. The molecule has 0 bridgehead atoms. The van der Waals surface area contributed by atoms with Gasteiger partial charge in [-0.25, -0.2) is 0 Å². The number of hydrogen-bond donors (Lipinski definition) is 6. The van der Waals surface area contributed by atoms with Gasteiger partial charge in [0.1, 0.15) is 11.9 Å². The van der Waals surface area contributed by atoms with E-state index in [1.165, 1.54) is 0 Å². The molecule has 0 spiro atoms. The number of nitrogens with zero attached hydrogens (tertiary/aromatic N) is 1. The van der Waals surface area contributed by atoms with Gasteiger partial charge in [-0.2, -0.15) is 0 Å². The minimum atomic E-state index is -3.05. The van der Waals surface area contributed by atoms with Gasteiger partial charge in [-0.1, -0.05) is 12.4 Å². The third-order valence-corrected chi connectivity index (χ3v) is 5.51. The molecule has 4 rings (SSSR count). The molecule has 7 N–H and O–H groups in total. The predicted molar refractivity (Wildman–Crippen MR) is 98.3 cm³/mol. The number of likely N-dealkylation sites (tertiary alicyclic amines) is 1. The van der Waals surface area contributed by atoms with Crippen LogP contribution >= 0.6 is 0 Å². The molecule has 154 valence electrons. The van der Waals surface area contributed by atoms with E-state index in [1.807, 2.05) is 0 Å². The molecular weight excluding hydrogens is 369 g/mol. The van der Waals surface area contributed by atoms with Crippen LogP contribution in [0.1, 0.15) is 23.8 Å². The Morgan fingerprint density at radius 2 is 2.11 bits per heavy atom. The van der Waals surface area contributed by atoms with Gasteiger partial charge >= 0.3 is 6.75 Å². The van der Waals surface area contributed by atoms with Crippen LogP contribution in [0.15, 0.2) is 12.1 Å². The van der Waals surface area contributed by atoms with Gasteiger partial charge in [0.05, 0.1) is 30.4 Å². The Labute approximate surface area is 161 Å². The molecule has 2 saturated heterocycles. The number of aliphatic hydroxyl groups excluding tert-OH is 1. The van der Waals surface area contributed by atoms with Crippen LogP contribution in [0.25, 0.3) is 0 Å². The number of aliphatic hydroxyl groups is 2. The van der Waals surface area contributed by atoms with Crippen LogP contribution in [-0.2, 0) is 11.2 Å². The first-order valence-electron chi connectivity index (χ1n) is 9.49. The van der Waals surface area contributed by atoms with Gasteiger partial charge in [0.2, 0.25) is 5.91 Å². The van der Waals surface area contributed by atoms with Gasteiger partial charge in [0.25, 0.3) is 0 Å². The van der Waals surface area contributed by atoms with E-state index in [1.54, 1.807) is 17.0 Å². The highest BCUT2D eigenvalue weighted by molar-refractivity contribution is 6.58. The van der Waals surface area contributed by atoms with Crippen molar-refractivity contribution in [1.82, 2.24) is 10.2 Å². The molecule has 3 heterocycles. The van der Waals surface area contributed by atoms with Crippen LogP contribution in [0.4, 0.5) is 0 Å². The van der Waals surface area contributed by atoms with Gasteiger partial charge in [0.15, 0.2) is 6.29 Å². The number of benzene rings is 1. The van der Waals surface area contributed by atoms with Crippen molar-refractivity contribution >= 4 is 12.7 Å². The van der Waals surface area contributed by atoms with Crippen LogP contribution < -0.4 is 20.4 Å². The topological polar surface area (TPSA) is 158 Å². The predicted octanol–water partition coefficient (Wildman–Crippen LogP) is -2.19. The summed E-state index contributed by atoms with van der Waals surface area (Å²) in [6.07, 6.45) is -1.24. The lowest BCUT2D eigenvalue weighted by Gasteiger charge is -2.41. The maximum atomic E-state index is 12.4. The van der Waals surface area contributed by atoms with Gasteiger partial charge in [0, 0.05) is 12.6 Å². The molecule has 0 unspecified atom stereocenters. The monoisotopic (exact) mass is 394 g/mol. The van der Waals surface area contributed by atoms with Crippen molar-refractivity contribution in [3.05, 3.63) is 23.3 Å². The first-order valence-corrected chi connectivity index (χ1v) is 9.49. The van der Waals surface area contributed by atoms with E-state index in [2.05, 4.69) is 5.32 Å². The molecule has 0 saturated carbocycles. The molecule has 1 amide bonds. The third-order valence-electron chi connectivity index (χ3n) is 5.51. The van der Waals surface area contributed by atoms with Crippen molar-refractivity contribution in [2.45, 2.75) is 43.6 Å². The van der Waals surface area contributed by atoms with Crippen molar-refractivity contribution < 1.29 is 34.4 Å². The number of carbonyl (C=O) groups excluding carboxylic acids is 1. The molecule has 1 aromatic rings. The summed E-state index contributed by atoms with van der Waals surface area (Å²) >= 11 is 0. The summed E-state index contributed by atoms with van der Waals surface area (Å²) in [4.78, 5) is 14.1. The van der Waals surface area contributed by atoms with Crippen LogP contribution in [0.5, 0.6) is 11.5 Å². The maximum absolute atomic E-state index is 12.4. The number of aryl methyl sites for hydroxylation is 1. The second-order valence-corrected chi connectivity index (χ2v) is 7.79. The highest BCUT2D eigenvalue weighted by Crippen LogP contribution is 2.41. The van der Waals surface area contributed by atoms with Gasteiger partial charge in [-0.05, 0) is 24.5 Å². The van der Waals surface area contributed by atoms with Gasteiger partial charge < -0.3 is 45.6 Å². The molecule has 1 aromatic carbocycles. The molecule has 0 aromatic heterocycles. The summed E-state index contributed by atoms with van der Waals surface area (Å²) in [6.45, 7) is -1.68. The Morgan fingerprint density at radius 1 is 1.36 bits per heavy atom. The van der Waals surface area contributed by atoms with E-state index in [0.29, 0.717) is 38.0 Å². The number of hydrogen-bond acceptors (Lipinski definition) is 9. The first kappa shape index (κ1) is 19.4. The van der Waals surface area contributed by atoms with E-state index < -0.39 is 13.0 Å². The van der Waals surface area contributed by atoms with Gasteiger partial charge in [-0.3, -0.25) is 4.79 Å². The van der Waals surface area contributed by atoms with Crippen molar-refractivity contribution in [3.63, 3.8) is 0 Å². The zero-order valence-corrected chi connectivity index (χ0v) is 15.3. The highest BCUT2D eigenvalue weighted by atomic mass is 16.6. The third kappa shape index (κ3) is 3.69. The van der Waals surface area contributed by atoms with E-state index in [-0.39, 0.29) is 47.5 Å². The van der Waals surface area contributed by atoms with E-state index in [4.69, 9.17) is 15.1 Å². The number of fused-ring (bicyclic) bond motifs is 1. The molecule has 3 aliphatic heterocycles. The van der Waals surface area contributed by atoms with Crippen molar-refractivity contribution in [2.75, 3.05) is 19.6 Å². The summed E-state index contributed by atoms with van der Waals surface area (Å²) in [7, 11) is 0. The lowest BCUT2D eigenvalue weighted by molar-refractivity contribution is -0.142. The normalized spacial score (nSPS) is 26.6. The SMILES string of the molecule is N[C@H]1CN[C@H](C(=O)N2CC(Oc3ccc4c(c3C(O)O)O[B-](O)(O)CC4)C2)C1. The Hall–Kier alpha value is -1.89. The van der Waals surface area contributed by atoms with Gasteiger partial charge in [-0.15, -0.1) is 0 Å². The molecule has 0 aliphatic carbocycles. The Balaban J connectivity index is 1.44. The molecular formula is C17H25BN3O7-. The molecule has 2 atom stereocenters. The fourth-order valence-corrected chi connectivity index (χ4v) is 3.94. The summed E-state index contributed by atoms with van der Waals surface area (Å²) < 4.78 is 11.1. The number of nitrogens with two attached hydrogens (primary N) is 1. The molecule has 3 aliphatic rings. The van der Waals surface area contributed by atoms with E-state index in [9.17, 15) is 25.1 Å². The average Bonchev–Trinajstić information content (AvgIpc) is 3.02. The lowest BCUT2D eigenvalue weighted by atomic mass is 9.70. The van der Waals surface area contributed by atoms with E-state index >= 15 is 0 Å². The molecule has 10 nitrogen and oxygen atoms in total. The molecule has 2 fully saturated rings. The summed E-state index contributed by atoms with van der Waals surface area (Å²) in [5.41, 5.74) is 6.42. The second kappa shape index (κ2) is 7.18. The molecule has 28 heavy (non-hydrogen) atoms. The smallest absolute Gasteiger partial charge is 0.430 e. The van der Waals surface area contributed by atoms with E-state index in [0.717, 1.165) is 0 Å². The standard InChI is InChI=1S/C17H25BN3O7/c19-10-5-12(20-6-10)16(22)21-7-11(8-21)27-13-2-1-9-3-4-18(25,26)28-15(9)14(13)17(23)24/h1-2,10-12,17,20,23-26H,3-8,19H2/q-1/t10-,12+/m1/s1. The summed E-state index contributed by atoms with van der Waals surface area (Å²) in [6, 6.07) is 3.02. The number of nitrogens with one attached hydrogen (secondary N) is 1. The largest absolute Gasteiger partial charge is 0.670 e. The maximum Gasteiger partial charge on any atom is 0.430 e. The number of ether oxygens (including phenoxy) is 1. The fraction of sp³-hybridized carbons (Fsp3) is 0.588.